The number of furan rings is 1. The van der Waals surface area contributed by atoms with Crippen LogP contribution in [-0.4, -0.2) is 29.9 Å². The van der Waals surface area contributed by atoms with E-state index in [2.05, 4.69) is 10.6 Å². The second-order valence-electron chi connectivity index (χ2n) is 4.85. The molecule has 2 N–H and O–H groups in total. The van der Waals surface area contributed by atoms with Gasteiger partial charge in [0, 0.05) is 5.69 Å². The Bertz CT molecular complexity index is 641. The van der Waals surface area contributed by atoms with Gasteiger partial charge in [-0.2, -0.15) is 0 Å². The summed E-state index contributed by atoms with van der Waals surface area (Å²) in [6, 6.07) is 10.7. The van der Waals surface area contributed by atoms with E-state index >= 15 is 0 Å². The molecule has 0 aliphatic carbocycles. The molecule has 0 saturated heterocycles. The van der Waals surface area contributed by atoms with Crippen molar-refractivity contribution in [2.75, 3.05) is 23.4 Å². The van der Waals surface area contributed by atoms with E-state index in [1.807, 2.05) is 6.92 Å². The zero-order valence-electron chi connectivity index (χ0n) is 13.4. The lowest BCUT2D eigenvalue weighted by molar-refractivity contribution is -0.118. The number of ether oxygens (including phenoxy) is 1. The van der Waals surface area contributed by atoms with Gasteiger partial charge in [0.25, 0.3) is 0 Å². The summed E-state index contributed by atoms with van der Waals surface area (Å²) >= 11 is 1.26. The maximum absolute atomic E-state index is 11.8. The summed E-state index contributed by atoms with van der Waals surface area (Å²) in [4.78, 5) is 23.5. The van der Waals surface area contributed by atoms with Gasteiger partial charge in [0.05, 0.1) is 30.9 Å². The van der Waals surface area contributed by atoms with Crippen LogP contribution in [0.5, 0.6) is 5.75 Å². The van der Waals surface area contributed by atoms with Crippen LogP contribution in [0.4, 0.5) is 5.69 Å². The maximum atomic E-state index is 11.8. The molecule has 0 saturated carbocycles. The lowest BCUT2D eigenvalue weighted by atomic mass is 10.3. The molecule has 24 heavy (non-hydrogen) atoms. The average molecular weight is 348 g/mol. The van der Waals surface area contributed by atoms with Crippen LogP contribution in [-0.2, 0) is 16.1 Å². The minimum atomic E-state index is -0.150. The third-order valence-electron chi connectivity index (χ3n) is 2.96. The fraction of sp³-hybridized carbons (Fsp3) is 0.294. The molecule has 1 aromatic carbocycles. The van der Waals surface area contributed by atoms with Crippen molar-refractivity contribution >= 4 is 29.3 Å². The highest BCUT2D eigenvalue weighted by Crippen LogP contribution is 2.15. The quantitative estimate of drug-likeness (QED) is 0.728. The second kappa shape index (κ2) is 9.67. The first-order chi connectivity index (χ1) is 11.7. The van der Waals surface area contributed by atoms with Crippen molar-refractivity contribution in [2.45, 2.75) is 13.5 Å². The number of hydrogen-bond acceptors (Lipinski definition) is 5. The number of amides is 2. The Hall–Kier alpha value is -2.41. The monoisotopic (exact) mass is 348 g/mol. The Kier molecular flexibility index (Phi) is 7.22. The number of thioether (sulfide) groups is 1. The predicted octanol–water partition coefficient (Wildman–Crippen LogP) is 2.67. The summed E-state index contributed by atoms with van der Waals surface area (Å²) in [5, 5.41) is 5.50. The second-order valence-corrected chi connectivity index (χ2v) is 5.84. The van der Waals surface area contributed by atoms with Gasteiger partial charge in [-0.25, -0.2) is 0 Å². The molecule has 6 nitrogen and oxygen atoms in total. The first kappa shape index (κ1) is 17.9. The van der Waals surface area contributed by atoms with E-state index in [-0.39, 0.29) is 23.3 Å². The van der Waals surface area contributed by atoms with Gasteiger partial charge in [-0.05, 0) is 43.3 Å². The van der Waals surface area contributed by atoms with E-state index in [9.17, 15) is 9.59 Å². The third kappa shape index (κ3) is 6.37. The van der Waals surface area contributed by atoms with E-state index in [1.54, 1.807) is 42.7 Å². The summed E-state index contributed by atoms with van der Waals surface area (Å²) in [6.45, 7) is 2.87. The number of rotatable bonds is 9. The molecule has 2 amide bonds. The molecule has 0 atom stereocenters. The number of benzene rings is 1. The predicted molar refractivity (Wildman–Crippen MR) is 94.1 cm³/mol. The van der Waals surface area contributed by atoms with E-state index < -0.39 is 0 Å². The maximum Gasteiger partial charge on any atom is 0.234 e. The molecule has 0 bridgehead atoms. The van der Waals surface area contributed by atoms with Gasteiger partial charge in [-0.3, -0.25) is 9.59 Å². The zero-order valence-corrected chi connectivity index (χ0v) is 14.2. The van der Waals surface area contributed by atoms with E-state index in [0.717, 1.165) is 5.75 Å². The first-order valence-corrected chi connectivity index (χ1v) is 8.72. The van der Waals surface area contributed by atoms with Crippen LogP contribution >= 0.6 is 11.8 Å². The largest absolute Gasteiger partial charge is 0.494 e. The van der Waals surface area contributed by atoms with Crippen molar-refractivity contribution in [3.63, 3.8) is 0 Å². The van der Waals surface area contributed by atoms with Crippen LogP contribution in [0.25, 0.3) is 0 Å². The molecule has 0 aliphatic heterocycles. The molecule has 0 radical (unpaired) electrons. The molecule has 0 spiro atoms. The molecule has 2 aromatic rings. The minimum Gasteiger partial charge on any atom is -0.494 e. The van der Waals surface area contributed by atoms with Crippen LogP contribution in [0.1, 0.15) is 12.7 Å². The lowest BCUT2D eigenvalue weighted by Gasteiger charge is -2.07. The Balaban J connectivity index is 1.62. The van der Waals surface area contributed by atoms with Crippen molar-refractivity contribution in [1.82, 2.24) is 5.32 Å². The third-order valence-corrected chi connectivity index (χ3v) is 3.89. The van der Waals surface area contributed by atoms with Crippen LogP contribution in [0.3, 0.4) is 0 Å². The van der Waals surface area contributed by atoms with Gasteiger partial charge in [0.1, 0.15) is 11.5 Å². The normalized spacial score (nSPS) is 10.2. The standard InChI is InChI=1S/C17H20N2O4S/c1-2-22-14-7-5-13(6-8-14)19-17(21)12-24-11-16(20)18-10-15-4-3-9-23-15/h3-9H,2,10-12H2,1H3,(H,18,20)(H,19,21). The van der Waals surface area contributed by atoms with Crippen LogP contribution < -0.4 is 15.4 Å². The van der Waals surface area contributed by atoms with Gasteiger partial charge >= 0.3 is 0 Å². The van der Waals surface area contributed by atoms with Crippen LogP contribution in [0.2, 0.25) is 0 Å². The molecule has 0 unspecified atom stereocenters. The van der Waals surface area contributed by atoms with Crippen LogP contribution in [0, 0.1) is 0 Å². The molecule has 0 aliphatic rings. The van der Waals surface area contributed by atoms with Gasteiger partial charge < -0.3 is 19.8 Å². The molecule has 2 rings (SSSR count). The topological polar surface area (TPSA) is 80.6 Å². The van der Waals surface area contributed by atoms with E-state index in [0.29, 0.717) is 24.6 Å². The molecule has 1 heterocycles. The first-order valence-electron chi connectivity index (χ1n) is 7.57. The van der Waals surface area contributed by atoms with Gasteiger partial charge in [0.15, 0.2) is 0 Å². The Labute approximate surface area is 144 Å². The number of carbonyl (C=O) groups excluding carboxylic acids is 2. The summed E-state index contributed by atoms with van der Waals surface area (Å²) in [6.07, 6.45) is 1.56. The highest BCUT2D eigenvalue weighted by atomic mass is 32.2. The highest BCUT2D eigenvalue weighted by Gasteiger charge is 2.07. The summed E-state index contributed by atoms with van der Waals surface area (Å²) < 4.78 is 10.5. The molecule has 7 heteroatoms. The number of nitrogens with one attached hydrogen (secondary N) is 2. The molecular weight excluding hydrogens is 328 g/mol. The summed E-state index contributed by atoms with van der Waals surface area (Å²) in [5.41, 5.74) is 0.700. The lowest BCUT2D eigenvalue weighted by Crippen LogP contribution is -2.25. The van der Waals surface area contributed by atoms with Crippen molar-refractivity contribution in [1.29, 1.82) is 0 Å². The molecule has 1 aromatic heterocycles. The fourth-order valence-electron chi connectivity index (χ4n) is 1.88. The zero-order chi connectivity index (χ0) is 17.2. The van der Waals surface area contributed by atoms with Crippen molar-refractivity contribution in [2.24, 2.45) is 0 Å². The van der Waals surface area contributed by atoms with Gasteiger partial charge in [-0.1, -0.05) is 0 Å². The van der Waals surface area contributed by atoms with Gasteiger partial charge in [-0.15, -0.1) is 11.8 Å². The van der Waals surface area contributed by atoms with E-state index in [1.165, 1.54) is 11.8 Å². The Morgan fingerprint density at radius 1 is 1.12 bits per heavy atom. The highest BCUT2D eigenvalue weighted by molar-refractivity contribution is 8.00. The van der Waals surface area contributed by atoms with Crippen LogP contribution in [0.15, 0.2) is 47.1 Å². The molecular formula is C17H20N2O4S. The van der Waals surface area contributed by atoms with Crippen molar-refractivity contribution in [3.8, 4) is 5.75 Å². The number of hydrogen-bond donors (Lipinski definition) is 2. The minimum absolute atomic E-state index is 0.134. The molecule has 0 fully saturated rings. The average Bonchev–Trinajstić information content (AvgIpc) is 3.08. The number of anilines is 1. The summed E-state index contributed by atoms with van der Waals surface area (Å²) in [7, 11) is 0. The van der Waals surface area contributed by atoms with E-state index in [4.69, 9.17) is 9.15 Å². The molecule has 128 valence electrons. The number of carbonyl (C=O) groups is 2. The van der Waals surface area contributed by atoms with Crippen molar-refractivity contribution in [3.05, 3.63) is 48.4 Å². The SMILES string of the molecule is CCOc1ccc(NC(=O)CSCC(=O)NCc2ccco2)cc1. The Morgan fingerprint density at radius 2 is 1.88 bits per heavy atom. The van der Waals surface area contributed by atoms with Gasteiger partial charge in [0.2, 0.25) is 11.8 Å². The summed E-state index contributed by atoms with van der Waals surface area (Å²) in [5.74, 6) is 1.60. The van der Waals surface area contributed by atoms with Crippen molar-refractivity contribution < 1.29 is 18.7 Å². The Morgan fingerprint density at radius 3 is 2.54 bits per heavy atom. The smallest absolute Gasteiger partial charge is 0.234 e. The fourth-order valence-corrected chi connectivity index (χ4v) is 2.53.